The van der Waals surface area contributed by atoms with Gasteiger partial charge >= 0.3 is 0 Å². The predicted molar refractivity (Wildman–Crippen MR) is 119 cm³/mol. The third kappa shape index (κ3) is 9.99. The fourth-order valence-electron chi connectivity index (χ4n) is 3.48. The Balaban J connectivity index is 0.00000576. The number of guanidine groups is 1. The van der Waals surface area contributed by atoms with Gasteiger partial charge in [-0.05, 0) is 63.6 Å². The summed E-state index contributed by atoms with van der Waals surface area (Å²) in [6, 6.07) is 0. The molecule has 5 nitrogen and oxygen atoms in total. The second-order valence-corrected chi connectivity index (χ2v) is 7.14. The number of hydrogen-bond donors (Lipinski definition) is 2. The van der Waals surface area contributed by atoms with E-state index in [0.29, 0.717) is 5.41 Å². The minimum absolute atomic E-state index is 0. The van der Waals surface area contributed by atoms with Gasteiger partial charge in [-0.15, -0.1) is 24.0 Å². The lowest BCUT2D eigenvalue weighted by molar-refractivity contribution is 0.0732. The van der Waals surface area contributed by atoms with Gasteiger partial charge in [-0.2, -0.15) is 0 Å². The summed E-state index contributed by atoms with van der Waals surface area (Å²) in [7, 11) is 3.65. The Morgan fingerprint density at radius 1 is 1.12 bits per heavy atom. The maximum absolute atomic E-state index is 5.27. The van der Waals surface area contributed by atoms with E-state index in [4.69, 9.17) is 4.74 Å². The van der Waals surface area contributed by atoms with Crippen LogP contribution in [0.5, 0.6) is 0 Å². The zero-order valence-corrected chi connectivity index (χ0v) is 19.2. The van der Waals surface area contributed by atoms with E-state index >= 15 is 0 Å². The van der Waals surface area contributed by atoms with Gasteiger partial charge in [0.25, 0.3) is 0 Å². The molecule has 0 aromatic carbocycles. The molecule has 0 amide bonds. The van der Waals surface area contributed by atoms with Crippen molar-refractivity contribution in [2.45, 2.75) is 58.8 Å². The van der Waals surface area contributed by atoms with Gasteiger partial charge in [-0.1, -0.05) is 20.3 Å². The Kier molecular flexibility index (Phi) is 15.0. The number of ether oxygens (including phenoxy) is 1. The molecule has 0 heterocycles. The highest BCUT2D eigenvalue weighted by molar-refractivity contribution is 14.0. The van der Waals surface area contributed by atoms with Gasteiger partial charge < -0.3 is 20.3 Å². The molecular weight excluding hydrogens is 427 g/mol. The van der Waals surface area contributed by atoms with Crippen LogP contribution in [0, 0.1) is 5.41 Å². The molecule has 0 saturated heterocycles. The molecule has 1 fully saturated rings. The van der Waals surface area contributed by atoms with E-state index in [0.717, 1.165) is 38.5 Å². The standard InChI is InChI=1S/C19H40N4O.HI/c1-5-13-23(14-6-2)15-8-12-21-18(20-3)22-17-19(9-7-10-19)11-16-24-4;/h5-17H2,1-4H3,(H2,20,21,22);1H. The summed E-state index contributed by atoms with van der Waals surface area (Å²) in [5.41, 5.74) is 0.423. The van der Waals surface area contributed by atoms with Crippen LogP contribution in [0.1, 0.15) is 58.8 Å². The Hall–Kier alpha value is -0.0800. The van der Waals surface area contributed by atoms with Crippen LogP contribution in [0.3, 0.4) is 0 Å². The smallest absolute Gasteiger partial charge is 0.190 e. The first-order valence-electron chi connectivity index (χ1n) is 9.85. The normalized spacial score (nSPS) is 16.3. The number of hydrogen-bond acceptors (Lipinski definition) is 3. The molecule has 0 atom stereocenters. The molecule has 0 aromatic rings. The predicted octanol–water partition coefficient (Wildman–Crippen LogP) is 3.49. The maximum Gasteiger partial charge on any atom is 0.190 e. The van der Waals surface area contributed by atoms with E-state index in [1.807, 2.05) is 7.05 Å². The van der Waals surface area contributed by atoms with Crippen molar-refractivity contribution in [3.63, 3.8) is 0 Å². The summed E-state index contributed by atoms with van der Waals surface area (Å²) in [6.07, 6.45) is 8.75. The van der Waals surface area contributed by atoms with Crippen LogP contribution in [0.2, 0.25) is 0 Å². The van der Waals surface area contributed by atoms with Crippen molar-refractivity contribution in [2.75, 3.05) is 53.5 Å². The van der Waals surface area contributed by atoms with Gasteiger partial charge in [0.15, 0.2) is 5.96 Å². The first-order valence-corrected chi connectivity index (χ1v) is 9.85. The first kappa shape index (κ1) is 24.9. The monoisotopic (exact) mass is 468 g/mol. The third-order valence-electron chi connectivity index (χ3n) is 5.13. The zero-order valence-electron chi connectivity index (χ0n) is 16.9. The second-order valence-electron chi connectivity index (χ2n) is 7.14. The molecular formula is C19H41IN4O. The summed E-state index contributed by atoms with van der Waals surface area (Å²) in [5, 5.41) is 7.00. The number of nitrogens with zero attached hydrogens (tertiary/aromatic N) is 2. The van der Waals surface area contributed by atoms with Crippen LogP contribution >= 0.6 is 24.0 Å². The Morgan fingerprint density at radius 3 is 2.28 bits per heavy atom. The molecule has 25 heavy (non-hydrogen) atoms. The molecule has 0 unspecified atom stereocenters. The molecule has 1 aliphatic carbocycles. The molecule has 0 aromatic heterocycles. The molecule has 0 spiro atoms. The van der Waals surface area contributed by atoms with Crippen molar-refractivity contribution in [1.82, 2.24) is 15.5 Å². The van der Waals surface area contributed by atoms with Crippen molar-refractivity contribution < 1.29 is 4.74 Å². The van der Waals surface area contributed by atoms with E-state index in [9.17, 15) is 0 Å². The molecule has 2 N–H and O–H groups in total. The van der Waals surface area contributed by atoms with E-state index in [1.54, 1.807) is 7.11 Å². The molecule has 1 aliphatic rings. The largest absolute Gasteiger partial charge is 0.385 e. The minimum Gasteiger partial charge on any atom is -0.385 e. The molecule has 1 saturated carbocycles. The molecule has 0 bridgehead atoms. The van der Waals surface area contributed by atoms with Crippen molar-refractivity contribution >= 4 is 29.9 Å². The van der Waals surface area contributed by atoms with Crippen molar-refractivity contribution in [2.24, 2.45) is 10.4 Å². The maximum atomic E-state index is 5.27. The Morgan fingerprint density at radius 2 is 1.80 bits per heavy atom. The SMILES string of the molecule is CCCN(CCC)CCCNC(=NC)NCC1(CCOC)CCC1.I. The van der Waals surface area contributed by atoms with Crippen molar-refractivity contribution in [1.29, 1.82) is 0 Å². The molecule has 6 heteroatoms. The number of methoxy groups -OCH3 is 1. The molecule has 1 rings (SSSR count). The van der Waals surface area contributed by atoms with Gasteiger partial charge in [0.05, 0.1) is 0 Å². The van der Waals surface area contributed by atoms with Crippen LogP contribution in [-0.4, -0.2) is 64.3 Å². The third-order valence-corrected chi connectivity index (χ3v) is 5.13. The molecule has 0 aliphatic heterocycles. The average molecular weight is 468 g/mol. The number of halogens is 1. The highest BCUT2D eigenvalue weighted by Gasteiger charge is 2.36. The lowest BCUT2D eigenvalue weighted by Crippen LogP contribution is -2.47. The van der Waals surface area contributed by atoms with Gasteiger partial charge in [-0.3, -0.25) is 4.99 Å². The second kappa shape index (κ2) is 15.0. The topological polar surface area (TPSA) is 48.9 Å². The quantitative estimate of drug-likeness (QED) is 0.188. The van der Waals surface area contributed by atoms with Gasteiger partial charge in [-0.25, -0.2) is 0 Å². The molecule has 150 valence electrons. The fraction of sp³-hybridized carbons (Fsp3) is 0.947. The van der Waals surface area contributed by atoms with Crippen molar-refractivity contribution in [3.05, 3.63) is 0 Å². The first-order chi connectivity index (χ1) is 11.7. The van der Waals surface area contributed by atoms with Crippen LogP contribution in [0.25, 0.3) is 0 Å². The van der Waals surface area contributed by atoms with E-state index < -0.39 is 0 Å². The van der Waals surface area contributed by atoms with Crippen LogP contribution in [0.15, 0.2) is 4.99 Å². The lowest BCUT2D eigenvalue weighted by Gasteiger charge is -2.42. The van der Waals surface area contributed by atoms with Gasteiger partial charge in [0.2, 0.25) is 0 Å². The van der Waals surface area contributed by atoms with Crippen LogP contribution in [0.4, 0.5) is 0 Å². The number of aliphatic imine (C=N–C) groups is 1. The van der Waals surface area contributed by atoms with E-state index in [-0.39, 0.29) is 24.0 Å². The summed E-state index contributed by atoms with van der Waals surface area (Å²) in [6.45, 7) is 11.0. The molecule has 0 radical (unpaired) electrons. The minimum atomic E-state index is 0. The van der Waals surface area contributed by atoms with E-state index in [2.05, 4.69) is 34.4 Å². The summed E-state index contributed by atoms with van der Waals surface area (Å²) in [5.74, 6) is 0.941. The average Bonchev–Trinajstić information content (AvgIpc) is 2.55. The summed E-state index contributed by atoms with van der Waals surface area (Å²) >= 11 is 0. The Labute approximate surface area is 172 Å². The van der Waals surface area contributed by atoms with Crippen LogP contribution < -0.4 is 10.6 Å². The number of rotatable bonds is 13. The van der Waals surface area contributed by atoms with Crippen LogP contribution in [-0.2, 0) is 4.74 Å². The Bertz CT molecular complexity index is 342. The summed E-state index contributed by atoms with van der Waals surface area (Å²) in [4.78, 5) is 6.93. The number of nitrogens with one attached hydrogen (secondary N) is 2. The van der Waals surface area contributed by atoms with Gasteiger partial charge in [0, 0.05) is 33.9 Å². The fourth-order valence-corrected chi connectivity index (χ4v) is 3.48. The highest BCUT2D eigenvalue weighted by atomic mass is 127. The van der Waals surface area contributed by atoms with Crippen molar-refractivity contribution in [3.8, 4) is 0 Å². The van der Waals surface area contributed by atoms with E-state index in [1.165, 1.54) is 51.7 Å². The highest BCUT2D eigenvalue weighted by Crippen LogP contribution is 2.43. The lowest BCUT2D eigenvalue weighted by atomic mass is 9.67. The van der Waals surface area contributed by atoms with Gasteiger partial charge in [0.1, 0.15) is 0 Å². The summed E-state index contributed by atoms with van der Waals surface area (Å²) < 4.78 is 5.27. The zero-order chi connectivity index (χ0) is 17.7.